The maximum absolute atomic E-state index is 12.4. The number of nitrogens with zero attached hydrogens (tertiary/aromatic N) is 6. The minimum absolute atomic E-state index is 0.0177. The molecule has 39 heavy (non-hydrogen) atoms. The van der Waals surface area contributed by atoms with Crippen LogP contribution in [0.2, 0.25) is 0 Å². The molecule has 0 saturated carbocycles. The van der Waals surface area contributed by atoms with Crippen LogP contribution in [0.25, 0.3) is 0 Å². The van der Waals surface area contributed by atoms with E-state index >= 15 is 0 Å². The van der Waals surface area contributed by atoms with Crippen LogP contribution in [0.5, 0.6) is 5.75 Å². The minimum Gasteiger partial charge on any atom is -0.479 e. The molecular weight excluding hydrogens is 512 g/mol. The topological polar surface area (TPSA) is 164 Å². The number of hydrogen-bond donors (Lipinski definition) is 1. The third-order valence-corrected chi connectivity index (χ3v) is 6.77. The van der Waals surface area contributed by atoms with Crippen LogP contribution in [0.4, 0.5) is 11.4 Å². The number of aromatic nitrogens is 4. The number of aliphatic hydroxyl groups excluding tert-OH is 1. The molecule has 0 fully saturated rings. The first-order chi connectivity index (χ1) is 18.5. The number of non-ortho nitro benzene ring substituents is 1. The summed E-state index contributed by atoms with van der Waals surface area (Å²) in [7, 11) is 5.73. The van der Waals surface area contributed by atoms with Gasteiger partial charge in [0.25, 0.3) is 5.69 Å². The highest BCUT2D eigenvalue weighted by atomic mass is 16.7. The lowest BCUT2D eigenvalue weighted by Gasteiger charge is -2.50. The Kier molecular flexibility index (Phi) is 7.81. The van der Waals surface area contributed by atoms with Gasteiger partial charge in [0, 0.05) is 37.6 Å². The number of hydrogen-bond acceptors (Lipinski definition) is 12. The maximum atomic E-state index is 12.4. The molecule has 0 saturated heterocycles. The van der Waals surface area contributed by atoms with E-state index in [9.17, 15) is 20.0 Å². The van der Waals surface area contributed by atoms with Crippen LogP contribution in [-0.2, 0) is 27.8 Å². The van der Waals surface area contributed by atoms with E-state index < -0.39 is 34.9 Å². The number of aliphatic hydroxyl groups is 1. The van der Waals surface area contributed by atoms with Crippen molar-refractivity contribution >= 4 is 17.3 Å². The van der Waals surface area contributed by atoms with Gasteiger partial charge in [0.2, 0.25) is 0 Å². The Morgan fingerprint density at radius 3 is 2.56 bits per heavy atom. The van der Waals surface area contributed by atoms with Crippen molar-refractivity contribution in [2.45, 2.75) is 44.4 Å². The monoisotopic (exact) mass is 542 g/mol. The van der Waals surface area contributed by atoms with E-state index in [1.54, 1.807) is 37.1 Å². The lowest BCUT2D eigenvalue weighted by molar-refractivity contribution is -0.385. The van der Waals surface area contributed by atoms with Gasteiger partial charge in [-0.2, -0.15) is 4.80 Å². The number of anilines is 1. The summed E-state index contributed by atoms with van der Waals surface area (Å²) in [6, 6.07) is 8.17. The zero-order valence-electron chi connectivity index (χ0n) is 22.4. The number of benzene rings is 2. The van der Waals surface area contributed by atoms with E-state index in [-0.39, 0.29) is 23.5 Å². The van der Waals surface area contributed by atoms with Crippen LogP contribution in [0, 0.1) is 17.0 Å². The molecule has 2 heterocycles. The van der Waals surface area contributed by atoms with Crippen LogP contribution < -0.4 is 9.64 Å². The average molecular weight is 543 g/mol. The zero-order chi connectivity index (χ0) is 28.5. The second-order valence-corrected chi connectivity index (χ2v) is 9.27. The third kappa shape index (κ3) is 5.13. The van der Waals surface area contributed by atoms with Crippen molar-refractivity contribution in [1.29, 1.82) is 0 Å². The van der Waals surface area contributed by atoms with E-state index in [1.165, 1.54) is 44.3 Å². The predicted octanol–water partition coefficient (Wildman–Crippen LogP) is 2.09. The lowest BCUT2D eigenvalue weighted by atomic mass is 9.83. The number of tetrazole rings is 1. The van der Waals surface area contributed by atoms with Gasteiger partial charge in [-0.15, -0.1) is 10.2 Å². The predicted molar refractivity (Wildman–Crippen MR) is 136 cm³/mol. The molecule has 3 aromatic rings. The molecule has 14 heteroatoms. The van der Waals surface area contributed by atoms with Gasteiger partial charge in [-0.25, -0.2) is 4.79 Å². The molecule has 0 aliphatic carbocycles. The highest BCUT2D eigenvalue weighted by Gasteiger charge is 2.54. The molecule has 0 amide bonds. The summed E-state index contributed by atoms with van der Waals surface area (Å²) in [4.78, 5) is 26.7. The van der Waals surface area contributed by atoms with Crippen molar-refractivity contribution in [3.05, 3.63) is 69.0 Å². The number of rotatable bonds is 9. The number of nitro benzene ring substituents is 1. The Morgan fingerprint density at radius 2 is 1.97 bits per heavy atom. The van der Waals surface area contributed by atoms with Gasteiger partial charge in [0.1, 0.15) is 11.9 Å². The molecule has 0 radical (unpaired) electrons. The first kappa shape index (κ1) is 27.9. The van der Waals surface area contributed by atoms with Gasteiger partial charge in [-0.1, -0.05) is 6.07 Å². The molecule has 2 aromatic carbocycles. The fourth-order valence-electron chi connectivity index (χ4n) is 4.88. The number of carbonyl (C=O) groups is 1. The molecule has 1 aromatic heterocycles. The SMILES string of the molecule is COC(=O)c1ccc(C)c(N(Cc2nnn(C)n2)[C@H]2c3cc([N+](=O)[O-])ccc3O[C@](C)(C(OC)OC)[C@@H]2O)c1. The van der Waals surface area contributed by atoms with Gasteiger partial charge >= 0.3 is 5.97 Å². The van der Waals surface area contributed by atoms with Crippen molar-refractivity contribution in [1.82, 2.24) is 20.2 Å². The summed E-state index contributed by atoms with van der Waals surface area (Å²) in [5, 5.41) is 36.0. The van der Waals surface area contributed by atoms with Gasteiger partial charge in [0.15, 0.2) is 17.7 Å². The van der Waals surface area contributed by atoms with Crippen molar-refractivity contribution in [2.24, 2.45) is 7.05 Å². The largest absolute Gasteiger partial charge is 0.479 e. The fourth-order valence-corrected chi connectivity index (χ4v) is 4.88. The van der Waals surface area contributed by atoms with Gasteiger partial charge in [-0.05, 0) is 42.8 Å². The Bertz CT molecular complexity index is 1380. The van der Waals surface area contributed by atoms with Crippen LogP contribution in [0.1, 0.15) is 40.3 Å². The molecule has 0 bridgehead atoms. The van der Waals surface area contributed by atoms with Crippen molar-refractivity contribution in [3.63, 3.8) is 0 Å². The van der Waals surface area contributed by atoms with Crippen molar-refractivity contribution in [3.8, 4) is 5.75 Å². The van der Waals surface area contributed by atoms with Crippen LogP contribution in [0.3, 0.4) is 0 Å². The number of ether oxygens (including phenoxy) is 4. The molecule has 1 aliphatic heterocycles. The first-order valence-electron chi connectivity index (χ1n) is 11.9. The summed E-state index contributed by atoms with van der Waals surface area (Å²) >= 11 is 0. The van der Waals surface area contributed by atoms with Gasteiger partial charge < -0.3 is 29.0 Å². The Hall–Kier alpha value is -4.14. The number of nitro groups is 1. The van der Waals surface area contributed by atoms with Crippen LogP contribution >= 0.6 is 0 Å². The average Bonchev–Trinajstić information content (AvgIpc) is 3.33. The normalized spacial score (nSPS) is 20.3. The van der Waals surface area contributed by atoms with E-state index in [0.717, 1.165) is 5.56 Å². The Morgan fingerprint density at radius 1 is 1.26 bits per heavy atom. The highest BCUT2D eigenvalue weighted by molar-refractivity contribution is 5.91. The lowest BCUT2D eigenvalue weighted by Crippen LogP contribution is -2.62. The molecule has 0 unspecified atom stereocenters. The molecule has 3 atom stereocenters. The summed E-state index contributed by atoms with van der Waals surface area (Å²) < 4.78 is 22.1. The number of methoxy groups -OCH3 is 3. The second-order valence-electron chi connectivity index (χ2n) is 9.27. The smallest absolute Gasteiger partial charge is 0.337 e. The van der Waals surface area contributed by atoms with E-state index in [0.29, 0.717) is 17.1 Å². The molecule has 1 N–H and O–H groups in total. The standard InChI is InChI=1S/C25H30N6O8/c1-14-7-8-15(23(33)36-4)11-18(14)30(13-20-26-28-29(3)27-20)21-17-12-16(31(34)35)9-10-19(17)39-25(2,22(21)32)24(37-5)38-6/h7-12,21-22,24,32H,13H2,1-6H3/t21-,22+,25-/m0/s1. The fraction of sp³-hybridized carbons (Fsp3) is 0.440. The maximum Gasteiger partial charge on any atom is 0.337 e. The number of carbonyl (C=O) groups excluding carboxylic acids is 1. The summed E-state index contributed by atoms with van der Waals surface area (Å²) in [6.45, 7) is 3.48. The number of fused-ring (bicyclic) bond motifs is 1. The number of aryl methyl sites for hydroxylation is 2. The molecule has 14 nitrogen and oxygen atoms in total. The Labute approximate surface area is 224 Å². The summed E-state index contributed by atoms with van der Waals surface area (Å²) in [6.07, 6.45) is -2.38. The molecule has 1 aliphatic rings. The highest BCUT2D eigenvalue weighted by Crippen LogP contribution is 2.48. The molecule has 0 spiro atoms. The van der Waals surface area contributed by atoms with Crippen molar-refractivity contribution < 1.29 is 33.8 Å². The molecular formula is C25H30N6O8. The summed E-state index contributed by atoms with van der Waals surface area (Å²) in [5.41, 5.74) is 0.235. The zero-order valence-corrected chi connectivity index (χ0v) is 22.4. The first-order valence-corrected chi connectivity index (χ1v) is 11.9. The minimum atomic E-state index is -1.46. The Balaban J connectivity index is 1.99. The van der Waals surface area contributed by atoms with Gasteiger partial charge in [-0.3, -0.25) is 10.1 Å². The summed E-state index contributed by atoms with van der Waals surface area (Å²) in [5.74, 6) is 0.0419. The van der Waals surface area contributed by atoms with E-state index in [2.05, 4.69) is 15.4 Å². The second kappa shape index (κ2) is 10.9. The number of esters is 1. The molecule has 4 rings (SSSR count). The van der Waals surface area contributed by atoms with E-state index in [4.69, 9.17) is 18.9 Å². The van der Waals surface area contributed by atoms with E-state index in [1.807, 2.05) is 6.92 Å². The van der Waals surface area contributed by atoms with Crippen molar-refractivity contribution in [2.75, 3.05) is 26.2 Å². The van der Waals surface area contributed by atoms with Gasteiger partial charge in [0.05, 0.1) is 37.2 Å². The molecule has 208 valence electrons. The quantitative estimate of drug-likeness (QED) is 0.181. The van der Waals surface area contributed by atoms with Crippen LogP contribution in [-0.4, -0.2) is 75.5 Å². The third-order valence-electron chi connectivity index (χ3n) is 6.77. The van der Waals surface area contributed by atoms with Crippen LogP contribution in [0.15, 0.2) is 36.4 Å².